The highest BCUT2D eigenvalue weighted by Crippen LogP contribution is 2.40. The van der Waals surface area contributed by atoms with Crippen molar-refractivity contribution >= 4 is 27.8 Å². The molecule has 152 valence electrons. The number of benzene rings is 1. The van der Waals surface area contributed by atoms with E-state index in [0.29, 0.717) is 5.56 Å². The fourth-order valence-corrected chi connectivity index (χ4v) is 4.98. The number of anilines is 1. The van der Waals surface area contributed by atoms with E-state index < -0.39 is 0 Å². The lowest BCUT2D eigenvalue weighted by Gasteiger charge is -2.55. The first kappa shape index (κ1) is 17.7. The van der Waals surface area contributed by atoms with Crippen LogP contribution >= 0.6 is 0 Å². The number of piperidine rings is 1. The van der Waals surface area contributed by atoms with E-state index in [1.807, 2.05) is 37.5 Å². The second-order valence-electron chi connectivity index (χ2n) is 8.54. The second kappa shape index (κ2) is 6.40. The molecule has 1 spiro atoms. The van der Waals surface area contributed by atoms with Crippen molar-refractivity contribution in [2.75, 3.05) is 24.5 Å². The summed E-state index contributed by atoms with van der Waals surface area (Å²) in [6, 6.07) is 11.7. The van der Waals surface area contributed by atoms with Gasteiger partial charge in [-0.2, -0.15) is 5.10 Å². The predicted molar refractivity (Wildman–Crippen MR) is 118 cm³/mol. The van der Waals surface area contributed by atoms with Gasteiger partial charge in [0.15, 0.2) is 0 Å². The van der Waals surface area contributed by atoms with Gasteiger partial charge in [0, 0.05) is 43.4 Å². The third-order valence-electron chi connectivity index (χ3n) is 6.64. The minimum Gasteiger partial charge on any atom is -0.507 e. The van der Waals surface area contributed by atoms with E-state index in [2.05, 4.69) is 21.4 Å². The van der Waals surface area contributed by atoms with Gasteiger partial charge in [-0.05, 0) is 56.1 Å². The summed E-state index contributed by atoms with van der Waals surface area (Å²) in [4.78, 5) is 12.2. The molecule has 7 nitrogen and oxygen atoms in total. The van der Waals surface area contributed by atoms with Crippen LogP contribution in [0.15, 0.2) is 42.6 Å². The highest BCUT2D eigenvalue weighted by Gasteiger charge is 2.45. The number of phenolic OH excluding ortho intramolecular Hbond substituents is 1. The van der Waals surface area contributed by atoms with Crippen LogP contribution in [0.4, 0.5) is 5.82 Å². The van der Waals surface area contributed by atoms with Crippen molar-refractivity contribution in [2.45, 2.75) is 24.8 Å². The standard InChI is InChI=1S/C23H24N6O/c1-28-13-15-11-16(21(30)12-20(15)27-28)17-3-4-19-18(25-17)5-6-22(26-19)29-10-8-23(29)7-2-9-24-14-23/h3-6,11-13,24,30H,2,7-10,14H2,1H3. The fraction of sp³-hybridized carbons (Fsp3) is 0.348. The monoisotopic (exact) mass is 400 g/mol. The van der Waals surface area contributed by atoms with Crippen LogP contribution in [0.25, 0.3) is 33.2 Å². The molecule has 7 heteroatoms. The molecule has 0 bridgehead atoms. The van der Waals surface area contributed by atoms with Crippen molar-refractivity contribution in [3.8, 4) is 17.0 Å². The van der Waals surface area contributed by atoms with Crippen molar-refractivity contribution in [1.29, 1.82) is 0 Å². The van der Waals surface area contributed by atoms with Crippen molar-refractivity contribution in [3.63, 3.8) is 0 Å². The number of hydrogen-bond acceptors (Lipinski definition) is 6. The summed E-state index contributed by atoms with van der Waals surface area (Å²) in [5, 5.41) is 19.4. The van der Waals surface area contributed by atoms with Gasteiger partial charge in [-0.1, -0.05) is 0 Å². The molecular formula is C23H24N6O. The van der Waals surface area contributed by atoms with E-state index in [9.17, 15) is 5.11 Å². The largest absolute Gasteiger partial charge is 0.507 e. The number of aromatic hydroxyl groups is 1. The zero-order valence-corrected chi connectivity index (χ0v) is 17.0. The normalized spacial score (nSPS) is 21.4. The molecule has 2 aliphatic heterocycles. The van der Waals surface area contributed by atoms with Gasteiger partial charge < -0.3 is 15.3 Å². The summed E-state index contributed by atoms with van der Waals surface area (Å²) in [5.74, 6) is 1.22. The summed E-state index contributed by atoms with van der Waals surface area (Å²) in [5.41, 5.74) is 4.15. The van der Waals surface area contributed by atoms with E-state index in [0.717, 1.165) is 53.1 Å². The van der Waals surface area contributed by atoms with Gasteiger partial charge in [0.2, 0.25) is 0 Å². The predicted octanol–water partition coefficient (Wildman–Crippen LogP) is 3.22. The van der Waals surface area contributed by atoms with Gasteiger partial charge in [-0.25, -0.2) is 9.97 Å². The first-order valence-electron chi connectivity index (χ1n) is 10.5. The van der Waals surface area contributed by atoms with Crippen LogP contribution in [-0.4, -0.2) is 50.0 Å². The molecule has 2 saturated heterocycles. The van der Waals surface area contributed by atoms with Crippen molar-refractivity contribution in [1.82, 2.24) is 25.1 Å². The molecule has 4 aromatic rings. The number of fused-ring (bicyclic) bond motifs is 2. The average molecular weight is 400 g/mol. The summed E-state index contributed by atoms with van der Waals surface area (Å²) < 4.78 is 1.75. The Balaban J connectivity index is 1.37. The molecule has 5 heterocycles. The molecule has 30 heavy (non-hydrogen) atoms. The zero-order chi connectivity index (χ0) is 20.3. The molecule has 6 rings (SSSR count). The summed E-state index contributed by atoms with van der Waals surface area (Å²) in [7, 11) is 1.87. The summed E-state index contributed by atoms with van der Waals surface area (Å²) in [6.45, 7) is 3.22. The van der Waals surface area contributed by atoms with Crippen molar-refractivity contribution in [3.05, 3.63) is 42.6 Å². The van der Waals surface area contributed by atoms with Crippen LogP contribution in [0.2, 0.25) is 0 Å². The summed E-state index contributed by atoms with van der Waals surface area (Å²) >= 11 is 0. The molecule has 0 radical (unpaired) electrons. The fourth-order valence-electron chi connectivity index (χ4n) is 4.98. The van der Waals surface area contributed by atoms with E-state index >= 15 is 0 Å². The minimum absolute atomic E-state index is 0.185. The molecule has 0 saturated carbocycles. The van der Waals surface area contributed by atoms with Gasteiger partial charge in [-0.15, -0.1) is 0 Å². The molecule has 1 aromatic carbocycles. The first-order chi connectivity index (χ1) is 14.6. The Bertz CT molecular complexity index is 1270. The molecule has 0 aliphatic carbocycles. The van der Waals surface area contributed by atoms with Crippen LogP contribution in [0.1, 0.15) is 19.3 Å². The zero-order valence-electron chi connectivity index (χ0n) is 17.0. The first-order valence-corrected chi connectivity index (χ1v) is 10.5. The molecular weight excluding hydrogens is 376 g/mol. The van der Waals surface area contributed by atoms with E-state index in [1.165, 1.54) is 19.3 Å². The van der Waals surface area contributed by atoms with E-state index in [-0.39, 0.29) is 11.3 Å². The van der Waals surface area contributed by atoms with Gasteiger partial charge in [0.05, 0.1) is 27.8 Å². The van der Waals surface area contributed by atoms with Crippen LogP contribution in [0.3, 0.4) is 0 Å². The number of aromatic nitrogens is 4. The number of rotatable bonds is 2. The Kier molecular flexibility index (Phi) is 3.77. The maximum Gasteiger partial charge on any atom is 0.129 e. The Hall–Kier alpha value is -3.19. The third-order valence-corrected chi connectivity index (χ3v) is 6.64. The van der Waals surface area contributed by atoms with Crippen LogP contribution in [0.5, 0.6) is 5.75 Å². The van der Waals surface area contributed by atoms with Crippen LogP contribution in [0, 0.1) is 0 Å². The van der Waals surface area contributed by atoms with Crippen LogP contribution < -0.4 is 10.2 Å². The highest BCUT2D eigenvalue weighted by molar-refractivity contribution is 5.88. The van der Waals surface area contributed by atoms with Gasteiger partial charge in [0.1, 0.15) is 11.6 Å². The SMILES string of the molecule is Cn1cc2cc(-c3ccc4nc(N5CCC56CCCNC6)ccc4n3)c(O)cc2n1. The topological polar surface area (TPSA) is 79.1 Å². The molecule has 1 atom stereocenters. The quantitative estimate of drug-likeness (QED) is 0.538. The Morgan fingerprint density at radius 2 is 1.90 bits per heavy atom. The maximum absolute atomic E-state index is 10.5. The van der Waals surface area contributed by atoms with Crippen LogP contribution in [-0.2, 0) is 7.05 Å². The molecule has 3 aromatic heterocycles. The summed E-state index contributed by atoms with van der Waals surface area (Å²) in [6.07, 6.45) is 5.62. The number of hydrogen-bond donors (Lipinski definition) is 2. The highest BCUT2D eigenvalue weighted by atomic mass is 16.3. The molecule has 2 fully saturated rings. The van der Waals surface area contributed by atoms with Crippen molar-refractivity contribution in [2.24, 2.45) is 7.05 Å². The maximum atomic E-state index is 10.5. The Morgan fingerprint density at radius 1 is 1.03 bits per heavy atom. The number of nitrogens with one attached hydrogen (secondary N) is 1. The lowest BCUT2D eigenvalue weighted by atomic mass is 9.78. The van der Waals surface area contributed by atoms with Gasteiger partial charge >= 0.3 is 0 Å². The van der Waals surface area contributed by atoms with E-state index in [1.54, 1.807) is 10.7 Å². The van der Waals surface area contributed by atoms with E-state index in [4.69, 9.17) is 9.97 Å². The average Bonchev–Trinajstić information content (AvgIpc) is 3.11. The molecule has 0 amide bonds. The number of aryl methyl sites for hydroxylation is 1. The minimum atomic E-state index is 0.185. The third kappa shape index (κ3) is 2.65. The molecule has 2 N–H and O–H groups in total. The number of phenols is 1. The smallest absolute Gasteiger partial charge is 0.129 e. The molecule has 1 unspecified atom stereocenters. The number of nitrogens with zero attached hydrogens (tertiary/aromatic N) is 5. The van der Waals surface area contributed by atoms with Gasteiger partial charge in [-0.3, -0.25) is 4.68 Å². The Morgan fingerprint density at radius 3 is 2.70 bits per heavy atom. The van der Waals surface area contributed by atoms with Gasteiger partial charge in [0.25, 0.3) is 0 Å². The second-order valence-corrected chi connectivity index (χ2v) is 8.54. The number of pyridine rings is 2. The van der Waals surface area contributed by atoms with Crippen molar-refractivity contribution < 1.29 is 5.11 Å². The molecule has 2 aliphatic rings. The lowest BCUT2D eigenvalue weighted by molar-refractivity contribution is 0.210. The Labute approximate surface area is 174 Å². The lowest BCUT2D eigenvalue weighted by Crippen LogP contribution is -2.67.